The molecule has 0 bridgehead atoms. The third-order valence-corrected chi connectivity index (χ3v) is 4.87. The molecular formula is C19H18Cl2N2O2. The average Bonchev–Trinajstić information content (AvgIpc) is 2.91. The highest BCUT2D eigenvalue weighted by Gasteiger charge is 2.39. The fourth-order valence-corrected chi connectivity index (χ4v) is 3.51. The first kappa shape index (κ1) is 17.8. The first-order valence-electron chi connectivity index (χ1n) is 7.94. The molecule has 2 atom stereocenters. The summed E-state index contributed by atoms with van der Waals surface area (Å²) in [5.74, 6) is -0.315. The van der Waals surface area contributed by atoms with Crippen molar-refractivity contribution in [3.8, 4) is 0 Å². The highest BCUT2D eigenvalue weighted by molar-refractivity contribution is 6.40. The van der Waals surface area contributed by atoms with Crippen LogP contribution in [-0.2, 0) is 9.63 Å². The minimum atomic E-state index is -0.553. The molecule has 2 aromatic carbocycles. The number of amides is 1. The van der Waals surface area contributed by atoms with E-state index >= 15 is 0 Å². The quantitative estimate of drug-likeness (QED) is 0.751. The van der Waals surface area contributed by atoms with Crippen molar-refractivity contribution in [2.45, 2.75) is 27.0 Å². The van der Waals surface area contributed by atoms with Gasteiger partial charge in [-0.15, -0.1) is 0 Å². The van der Waals surface area contributed by atoms with E-state index in [0.29, 0.717) is 21.3 Å². The Morgan fingerprint density at radius 1 is 1.12 bits per heavy atom. The molecule has 1 aliphatic heterocycles. The van der Waals surface area contributed by atoms with Gasteiger partial charge in [0.1, 0.15) is 0 Å². The molecule has 0 fully saturated rings. The molecule has 0 aromatic heterocycles. The number of rotatable bonds is 3. The number of carbonyl (C=O) groups excluding carboxylic acids is 1. The molecule has 0 saturated carbocycles. The van der Waals surface area contributed by atoms with Crippen LogP contribution in [0.5, 0.6) is 0 Å². The lowest BCUT2D eigenvalue weighted by Gasteiger charge is -2.29. The summed E-state index contributed by atoms with van der Waals surface area (Å²) in [5, 5.41) is 5.20. The Morgan fingerprint density at radius 3 is 2.28 bits per heavy atom. The van der Waals surface area contributed by atoms with Gasteiger partial charge in [-0.25, -0.2) is 0 Å². The third-order valence-electron chi connectivity index (χ3n) is 4.24. The number of carbonyl (C=O) groups is 1. The molecule has 6 heteroatoms. The summed E-state index contributed by atoms with van der Waals surface area (Å²) in [4.78, 5) is 19.5. The SMILES string of the molecule is CC(=O)N(c1ccc(C)cc1)[C@@H]1ON=C(c2c(Cl)cccc2Cl)[C@@H]1C. The van der Waals surface area contributed by atoms with E-state index in [-0.39, 0.29) is 11.8 Å². The standard InChI is InChI=1S/C19H18Cl2N2O2/c1-11-7-9-14(10-8-11)23(13(3)24)19-12(2)18(22-25-19)17-15(20)5-4-6-16(17)21/h4-10,12,19H,1-3H3/t12-,19+/m0/s1. The Morgan fingerprint density at radius 2 is 1.72 bits per heavy atom. The van der Waals surface area contributed by atoms with Crippen LogP contribution in [0.15, 0.2) is 47.6 Å². The van der Waals surface area contributed by atoms with Crippen molar-refractivity contribution < 1.29 is 9.63 Å². The summed E-state index contributed by atoms with van der Waals surface area (Å²) in [5.41, 5.74) is 3.16. The van der Waals surface area contributed by atoms with E-state index in [0.717, 1.165) is 11.3 Å². The summed E-state index contributed by atoms with van der Waals surface area (Å²) < 4.78 is 0. The topological polar surface area (TPSA) is 41.9 Å². The van der Waals surface area contributed by atoms with Crippen LogP contribution in [0.1, 0.15) is 25.0 Å². The van der Waals surface area contributed by atoms with Crippen molar-refractivity contribution in [2.75, 3.05) is 4.90 Å². The summed E-state index contributed by atoms with van der Waals surface area (Å²) in [6.45, 7) is 5.45. The largest absolute Gasteiger partial charge is 0.369 e. The molecule has 1 amide bonds. The molecule has 0 aliphatic carbocycles. The van der Waals surface area contributed by atoms with Crippen molar-refractivity contribution in [3.63, 3.8) is 0 Å². The lowest BCUT2D eigenvalue weighted by atomic mass is 9.96. The molecule has 1 aliphatic rings. The molecule has 0 radical (unpaired) electrons. The molecule has 0 saturated heterocycles. The average molecular weight is 377 g/mol. The van der Waals surface area contributed by atoms with Gasteiger partial charge >= 0.3 is 0 Å². The van der Waals surface area contributed by atoms with Crippen LogP contribution in [0.2, 0.25) is 10.0 Å². The monoisotopic (exact) mass is 376 g/mol. The minimum absolute atomic E-state index is 0.123. The van der Waals surface area contributed by atoms with Gasteiger partial charge in [0.25, 0.3) is 0 Å². The van der Waals surface area contributed by atoms with Crippen LogP contribution >= 0.6 is 23.2 Å². The number of anilines is 1. The maximum atomic E-state index is 12.3. The van der Waals surface area contributed by atoms with Crippen molar-refractivity contribution in [1.29, 1.82) is 0 Å². The zero-order chi connectivity index (χ0) is 18.1. The van der Waals surface area contributed by atoms with Gasteiger partial charge in [0, 0.05) is 18.2 Å². The molecule has 4 nitrogen and oxygen atoms in total. The predicted octanol–water partition coefficient (Wildman–Crippen LogP) is 5.05. The molecule has 25 heavy (non-hydrogen) atoms. The Balaban J connectivity index is 1.94. The van der Waals surface area contributed by atoms with Gasteiger partial charge in [-0.1, -0.05) is 59.0 Å². The maximum absolute atomic E-state index is 12.3. The van der Waals surface area contributed by atoms with E-state index < -0.39 is 6.23 Å². The second kappa shape index (κ2) is 7.06. The number of halogens is 2. The van der Waals surface area contributed by atoms with Crippen LogP contribution in [0, 0.1) is 12.8 Å². The van der Waals surface area contributed by atoms with Crippen LogP contribution in [0.25, 0.3) is 0 Å². The number of oxime groups is 1. The first-order valence-corrected chi connectivity index (χ1v) is 8.70. The van der Waals surface area contributed by atoms with E-state index in [2.05, 4.69) is 5.16 Å². The van der Waals surface area contributed by atoms with E-state index in [1.54, 1.807) is 23.1 Å². The van der Waals surface area contributed by atoms with Gasteiger partial charge in [0.15, 0.2) is 0 Å². The van der Waals surface area contributed by atoms with E-state index in [4.69, 9.17) is 28.0 Å². The summed E-state index contributed by atoms with van der Waals surface area (Å²) >= 11 is 12.6. The molecule has 0 N–H and O–H groups in total. The molecule has 0 spiro atoms. The molecule has 2 aromatic rings. The number of benzene rings is 2. The Kier molecular flexibility index (Phi) is 5.02. The summed E-state index contributed by atoms with van der Waals surface area (Å²) in [7, 11) is 0. The summed E-state index contributed by atoms with van der Waals surface area (Å²) in [6, 6.07) is 13.0. The van der Waals surface area contributed by atoms with Crippen molar-refractivity contribution in [3.05, 3.63) is 63.6 Å². The van der Waals surface area contributed by atoms with Crippen LogP contribution in [-0.4, -0.2) is 17.8 Å². The zero-order valence-corrected chi connectivity index (χ0v) is 15.7. The van der Waals surface area contributed by atoms with Crippen molar-refractivity contribution in [1.82, 2.24) is 0 Å². The Labute approximate surface area is 157 Å². The summed E-state index contributed by atoms with van der Waals surface area (Å²) in [6.07, 6.45) is -0.553. The fourth-order valence-electron chi connectivity index (χ4n) is 2.92. The zero-order valence-electron chi connectivity index (χ0n) is 14.2. The lowest BCUT2D eigenvalue weighted by Crippen LogP contribution is -2.43. The Bertz CT molecular complexity index is 814. The van der Waals surface area contributed by atoms with Gasteiger partial charge in [0.2, 0.25) is 12.1 Å². The molecule has 1 heterocycles. The smallest absolute Gasteiger partial charge is 0.226 e. The second-order valence-corrected chi connectivity index (χ2v) is 6.90. The fraction of sp³-hybridized carbons (Fsp3) is 0.263. The van der Waals surface area contributed by atoms with E-state index in [1.165, 1.54) is 6.92 Å². The lowest BCUT2D eigenvalue weighted by molar-refractivity contribution is -0.119. The van der Waals surface area contributed by atoms with Crippen LogP contribution < -0.4 is 4.90 Å². The Hall–Kier alpha value is -2.04. The molecule has 0 unspecified atom stereocenters. The number of nitrogens with zero attached hydrogens (tertiary/aromatic N) is 2. The van der Waals surface area contributed by atoms with Crippen molar-refractivity contribution in [2.24, 2.45) is 11.1 Å². The molecule has 3 rings (SSSR count). The first-order chi connectivity index (χ1) is 11.9. The van der Waals surface area contributed by atoms with Gasteiger partial charge in [-0.2, -0.15) is 0 Å². The molecule has 130 valence electrons. The number of aryl methyl sites for hydroxylation is 1. The number of hydrogen-bond donors (Lipinski definition) is 0. The molecular weight excluding hydrogens is 359 g/mol. The van der Waals surface area contributed by atoms with Gasteiger partial charge in [-0.3, -0.25) is 9.69 Å². The minimum Gasteiger partial charge on any atom is -0.369 e. The van der Waals surface area contributed by atoms with Gasteiger partial charge < -0.3 is 4.84 Å². The number of hydrogen-bond acceptors (Lipinski definition) is 3. The predicted molar refractivity (Wildman–Crippen MR) is 101 cm³/mol. The highest BCUT2D eigenvalue weighted by atomic mass is 35.5. The van der Waals surface area contributed by atoms with E-state index in [1.807, 2.05) is 38.1 Å². The van der Waals surface area contributed by atoms with E-state index in [9.17, 15) is 4.79 Å². The third kappa shape index (κ3) is 3.37. The van der Waals surface area contributed by atoms with Gasteiger partial charge in [-0.05, 0) is 31.2 Å². The van der Waals surface area contributed by atoms with Crippen molar-refractivity contribution >= 4 is 40.5 Å². The normalized spacial score (nSPS) is 19.3. The maximum Gasteiger partial charge on any atom is 0.226 e. The van der Waals surface area contributed by atoms with Crippen LogP contribution in [0.4, 0.5) is 5.69 Å². The second-order valence-electron chi connectivity index (χ2n) is 6.08. The highest BCUT2D eigenvalue weighted by Crippen LogP contribution is 2.34. The van der Waals surface area contributed by atoms with Crippen LogP contribution in [0.3, 0.4) is 0 Å². The van der Waals surface area contributed by atoms with Gasteiger partial charge in [0.05, 0.1) is 21.7 Å².